The summed E-state index contributed by atoms with van der Waals surface area (Å²) in [6.45, 7) is 5.20. The summed E-state index contributed by atoms with van der Waals surface area (Å²) < 4.78 is 20.0. The number of hydrogen-bond acceptors (Lipinski definition) is 4. The topological polar surface area (TPSA) is 55.2 Å². The van der Waals surface area contributed by atoms with Gasteiger partial charge in [-0.05, 0) is 68.5 Å². The standard InChI is InChI=1S/C26H31FN2O2/c1-3-4-8-15-31-19(2)9-6-5-7-10-26-28-18-21-16-20(11-14-25(21)29-26)23-13-12-22(30)17-24(23)27/h7,10-14,16-19,30H,3-6,8-9,15H2,1-2H3. The first-order chi connectivity index (χ1) is 15.1. The van der Waals surface area contributed by atoms with E-state index in [1.807, 2.05) is 24.3 Å². The average Bonchev–Trinajstić information content (AvgIpc) is 2.76. The first-order valence-electron chi connectivity index (χ1n) is 11.1. The number of hydrogen-bond donors (Lipinski definition) is 1. The first-order valence-corrected chi connectivity index (χ1v) is 11.1. The van der Waals surface area contributed by atoms with Gasteiger partial charge in [-0.15, -0.1) is 0 Å². The number of allylic oxidation sites excluding steroid dienone is 1. The van der Waals surface area contributed by atoms with Crippen molar-refractivity contribution >= 4 is 17.0 Å². The van der Waals surface area contributed by atoms with Crippen LogP contribution in [0, 0.1) is 5.82 Å². The Morgan fingerprint density at radius 2 is 2.00 bits per heavy atom. The molecule has 1 atom stereocenters. The van der Waals surface area contributed by atoms with Crippen molar-refractivity contribution < 1.29 is 14.2 Å². The highest BCUT2D eigenvalue weighted by molar-refractivity contribution is 5.84. The molecular weight excluding hydrogens is 391 g/mol. The molecule has 0 aliphatic heterocycles. The SMILES string of the molecule is CCCCCOC(C)CCCC=Cc1ncc2cc(-c3ccc(O)cc3F)ccc2n1. The fourth-order valence-corrected chi connectivity index (χ4v) is 3.47. The Kier molecular flexibility index (Phi) is 8.53. The molecule has 31 heavy (non-hydrogen) atoms. The molecule has 3 rings (SSSR count). The molecule has 0 aliphatic rings. The van der Waals surface area contributed by atoms with Crippen molar-refractivity contribution in [2.75, 3.05) is 6.61 Å². The fraction of sp³-hybridized carbons (Fsp3) is 0.385. The molecule has 2 aromatic carbocycles. The van der Waals surface area contributed by atoms with Crippen LogP contribution in [-0.4, -0.2) is 27.8 Å². The zero-order valence-electron chi connectivity index (χ0n) is 18.4. The minimum absolute atomic E-state index is 0.0873. The van der Waals surface area contributed by atoms with Gasteiger partial charge in [0.05, 0.1) is 11.6 Å². The zero-order valence-corrected chi connectivity index (χ0v) is 18.4. The van der Waals surface area contributed by atoms with Gasteiger partial charge < -0.3 is 9.84 Å². The van der Waals surface area contributed by atoms with Gasteiger partial charge in [-0.2, -0.15) is 0 Å². The van der Waals surface area contributed by atoms with E-state index in [1.165, 1.54) is 18.9 Å². The van der Waals surface area contributed by atoms with Crippen LogP contribution in [0.2, 0.25) is 0 Å². The van der Waals surface area contributed by atoms with Crippen LogP contribution in [0.3, 0.4) is 0 Å². The van der Waals surface area contributed by atoms with Gasteiger partial charge in [-0.3, -0.25) is 0 Å². The smallest absolute Gasteiger partial charge is 0.152 e. The molecule has 1 N–H and O–H groups in total. The van der Waals surface area contributed by atoms with Crippen LogP contribution < -0.4 is 0 Å². The maximum Gasteiger partial charge on any atom is 0.152 e. The molecule has 0 radical (unpaired) electrons. The molecule has 3 aromatic rings. The van der Waals surface area contributed by atoms with Gasteiger partial charge in [0.25, 0.3) is 0 Å². The van der Waals surface area contributed by atoms with Crippen LogP contribution in [0.25, 0.3) is 28.1 Å². The van der Waals surface area contributed by atoms with Crippen LogP contribution in [0.15, 0.2) is 48.7 Å². The number of benzene rings is 2. The fourth-order valence-electron chi connectivity index (χ4n) is 3.47. The lowest BCUT2D eigenvalue weighted by molar-refractivity contribution is 0.0566. The first kappa shape index (κ1) is 22.9. The van der Waals surface area contributed by atoms with Gasteiger partial charge in [-0.1, -0.05) is 31.9 Å². The number of phenols is 1. The van der Waals surface area contributed by atoms with E-state index in [9.17, 15) is 9.50 Å². The van der Waals surface area contributed by atoms with E-state index in [-0.39, 0.29) is 5.75 Å². The molecule has 1 unspecified atom stereocenters. The van der Waals surface area contributed by atoms with Gasteiger partial charge in [0.15, 0.2) is 5.82 Å². The van der Waals surface area contributed by atoms with E-state index in [0.717, 1.165) is 54.8 Å². The molecule has 0 aliphatic carbocycles. The Hall–Kier alpha value is -2.79. The average molecular weight is 423 g/mol. The Labute approximate surface area is 183 Å². The summed E-state index contributed by atoms with van der Waals surface area (Å²) >= 11 is 0. The second-order valence-corrected chi connectivity index (χ2v) is 7.89. The molecule has 164 valence electrons. The van der Waals surface area contributed by atoms with E-state index >= 15 is 0 Å². The summed E-state index contributed by atoms with van der Waals surface area (Å²) in [5.74, 6) is 0.121. The molecule has 0 amide bonds. The maximum absolute atomic E-state index is 14.1. The number of fused-ring (bicyclic) bond motifs is 1. The van der Waals surface area contributed by atoms with E-state index in [1.54, 1.807) is 12.3 Å². The predicted octanol–water partition coefficient (Wildman–Crippen LogP) is 6.92. The molecule has 0 saturated carbocycles. The lowest BCUT2D eigenvalue weighted by atomic mass is 10.0. The summed E-state index contributed by atoms with van der Waals surface area (Å²) in [5.41, 5.74) is 1.97. The van der Waals surface area contributed by atoms with E-state index < -0.39 is 5.82 Å². The number of nitrogens with zero attached hydrogens (tertiary/aromatic N) is 2. The van der Waals surface area contributed by atoms with Crippen molar-refractivity contribution in [1.82, 2.24) is 9.97 Å². The van der Waals surface area contributed by atoms with Gasteiger partial charge in [-0.25, -0.2) is 14.4 Å². The van der Waals surface area contributed by atoms with Crippen LogP contribution in [0.4, 0.5) is 4.39 Å². The highest BCUT2D eigenvalue weighted by Gasteiger charge is 2.08. The highest BCUT2D eigenvalue weighted by atomic mass is 19.1. The van der Waals surface area contributed by atoms with Gasteiger partial charge in [0.2, 0.25) is 0 Å². The molecule has 0 saturated heterocycles. The summed E-state index contributed by atoms with van der Waals surface area (Å²) in [6.07, 6.45) is 12.8. The minimum Gasteiger partial charge on any atom is -0.508 e. The third kappa shape index (κ3) is 6.86. The summed E-state index contributed by atoms with van der Waals surface area (Å²) in [4.78, 5) is 8.99. The van der Waals surface area contributed by atoms with Crippen LogP contribution in [0.5, 0.6) is 5.75 Å². The normalized spacial score (nSPS) is 12.6. The van der Waals surface area contributed by atoms with Crippen molar-refractivity contribution in [3.63, 3.8) is 0 Å². The quantitative estimate of drug-likeness (QED) is 0.341. The largest absolute Gasteiger partial charge is 0.508 e. The van der Waals surface area contributed by atoms with Crippen molar-refractivity contribution in [3.05, 3.63) is 60.3 Å². The molecule has 0 bridgehead atoms. The minimum atomic E-state index is -0.458. The molecular formula is C26H31FN2O2. The lowest BCUT2D eigenvalue weighted by Crippen LogP contribution is -2.08. The monoisotopic (exact) mass is 422 g/mol. The summed E-state index contributed by atoms with van der Waals surface area (Å²) in [5, 5.41) is 10.2. The second kappa shape index (κ2) is 11.6. The molecule has 0 spiro atoms. The van der Waals surface area contributed by atoms with Gasteiger partial charge in [0, 0.05) is 29.8 Å². The van der Waals surface area contributed by atoms with E-state index in [2.05, 4.69) is 29.9 Å². The van der Waals surface area contributed by atoms with E-state index in [4.69, 9.17) is 4.74 Å². The number of aromatic nitrogens is 2. The van der Waals surface area contributed by atoms with Crippen LogP contribution >= 0.6 is 0 Å². The zero-order chi connectivity index (χ0) is 22.1. The van der Waals surface area contributed by atoms with Crippen molar-refractivity contribution in [1.29, 1.82) is 0 Å². The number of phenolic OH excluding ortho intramolecular Hbond substituents is 1. The highest BCUT2D eigenvalue weighted by Crippen LogP contribution is 2.28. The summed E-state index contributed by atoms with van der Waals surface area (Å²) in [7, 11) is 0. The van der Waals surface area contributed by atoms with Crippen molar-refractivity contribution in [3.8, 4) is 16.9 Å². The molecule has 1 heterocycles. The van der Waals surface area contributed by atoms with E-state index in [0.29, 0.717) is 17.5 Å². The van der Waals surface area contributed by atoms with Gasteiger partial charge >= 0.3 is 0 Å². The van der Waals surface area contributed by atoms with Crippen LogP contribution in [-0.2, 0) is 4.74 Å². The number of aromatic hydroxyl groups is 1. The summed E-state index contributed by atoms with van der Waals surface area (Å²) in [6, 6.07) is 9.73. The maximum atomic E-state index is 14.1. The van der Waals surface area contributed by atoms with Gasteiger partial charge in [0.1, 0.15) is 11.6 Å². The second-order valence-electron chi connectivity index (χ2n) is 7.89. The van der Waals surface area contributed by atoms with Crippen molar-refractivity contribution in [2.45, 2.75) is 58.5 Å². The van der Waals surface area contributed by atoms with Crippen molar-refractivity contribution in [2.24, 2.45) is 0 Å². The molecule has 5 heteroatoms. The number of ether oxygens (including phenoxy) is 1. The Morgan fingerprint density at radius 3 is 2.81 bits per heavy atom. The third-order valence-electron chi connectivity index (χ3n) is 5.26. The third-order valence-corrected chi connectivity index (χ3v) is 5.26. The molecule has 1 aromatic heterocycles. The van der Waals surface area contributed by atoms with Crippen LogP contribution in [0.1, 0.15) is 58.2 Å². The molecule has 4 nitrogen and oxygen atoms in total. The Morgan fingerprint density at radius 1 is 1.13 bits per heavy atom. The molecule has 0 fully saturated rings. The Balaban J connectivity index is 1.54. The number of rotatable bonds is 11. The lowest BCUT2D eigenvalue weighted by Gasteiger charge is -2.11. The number of unbranched alkanes of at least 4 members (excludes halogenated alkanes) is 3. The predicted molar refractivity (Wildman–Crippen MR) is 124 cm³/mol. The number of halogens is 1. The Bertz CT molecular complexity index is 1020.